The van der Waals surface area contributed by atoms with E-state index in [1.807, 2.05) is 59.1 Å². The summed E-state index contributed by atoms with van der Waals surface area (Å²) in [7, 11) is 1.49. The molecule has 0 atom stereocenters. The van der Waals surface area contributed by atoms with Crippen molar-refractivity contribution in [3.05, 3.63) is 54.7 Å². The molecule has 3 aromatic rings. The number of hydrogen-bond donors (Lipinski definition) is 1. The van der Waals surface area contributed by atoms with E-state index >= 15 is 0 Å². The molecule has 21 heavy (non-hydrogen) atoms. The molecule has 0 saturated heterocycles. The van der Waals surface area contributed by atoms with E-state index in [1.165, 1.54) is 7.11 Å². The number of ether oxygens (including phenoxy) is 1. The van der Waals surface area contributed by atoms with E-state index < -0.39 is 0 Å². The van der Waals surface area contributed by atoms with Gasteiger partial charge in [-0.3, -0.25) is 9.20 Å². The van der Waals surface area contributed by atoms with E-state index in [0.717, 1.165) is 16.9 Å². The smallest absolute Gasteiger partial charge is 0.251 e. The van der Waals surface area contributed by atoms with Crippen molar-refractivity contribution in [3.8, 4) is 11.3 Å². The first-order valence-corrected chi connectivity index (χ1v) is 6.61. The monoisotopic (exact) mass is 281 g/mol. The fraction of sp³-hybridized carbons (Fsp3) is 0.125. The quantitative estimate of drug-likeness (QED) is 0.799. The van der Waals surface area contributed by atoms with Crippen LogP contribution in [0.25, 0.3) is 16.9 Å². The third-order valence-electron chi connectivity index (χ3n) is 3.11. The van der Waals surface area contributed by atoms with Gasteiger partial charge in [0, 0.05) is 18.9 Å². The number of amides is 1. The van der Waals surface area contributed by atoms with Gasteiger partial charge in [-0.05, 0) is 12.1 Å². The minimum atomic E-state index is -0.208. The van der Waals surface area contributed by atoms with Gasteiger partial charge in [0.2, 0.25) is 0 Å². The van der Waals surface area contributed by atoms with E-state index in [2.05, 4.69) is 10.3 Å². The zero-order valence-electron chi connectivity index (χ0n) is 11.6. The van der Waals surface area contributed by atoms with Gasteiger partial charge < -0.3 is 10.1 Å². The number of aromatic nitrogens is 2. The minimum absolute atomic E-state index is 0.00823. The lowest BCUT2D eigenvalue weighted by Gasteiger charge is -2.07. The van der Waals surface area contributed by atoms with Crippen LogP contribution in [0.3, 0.4) is 0 Å². The van der Waals surface area contributed by atoms with Gasteiger partial charge in [0.05, 0.1) is 0 Å². The molecule has 0 saturated carbocycles. The van der Waals surface area contributed by atoms with Gasteiger partial charge in [0.25, 0.3) is 5.91 Å². The Bertz CT molecular complexity index is 766. The van der Waals surface area contributed by atoms with Crippen LogP contribution < -0.4 is 5.32 Å². The van der Waals surface area contributed by atoms with Crippen LogP contribution in [0.5, 0.6) is 0 Å². The molecular formula is C16H15N3O2. The number of benzene rings is 1. The number of fused-ring (bicyclic) bond motifs is 1. The molecule has 1 aromatic carbocycles. The molecule has 0 fully saturated rings. The summed E-state index contributed by atoms with van der Waals surface area (Å²) < 4.78 is 6.73. The predicted molar refractivity (Wildman–Crippen MR) is 81.1 cm³/mol. The average molecular weight is 281 g/mol. The first kappa shape index (κ1) is 13.3. The lowest BCUT2D eigenvalue weighted by molar-refractivity contribution is -0.119. The molecule has 2 aromatic heterocycles. The highest BCUT2D eigenvalue weighted by Gasteiger charge is 2.15. The van der Waals surface area contributed by atoms with Crippen molar-refractivity contribution in [1.29, 1.82) is 0 Å². The number of anilines is 1. The standard InChI is InChI=1S/C16H15N3O2/c1-21-11-14(20)18-16-15(12-7-3-2-4-8-12)17-13-9-5-6-10-19(13)16/h2-10H,11H2,1H3,(H,18,20). The maximum Gasteiger partial charge on any atom is 0.251 e. The third kappa shape index (κ3) is 2.64. The van der Waals surface area contributed by atoms with E-state index in [4.69, 9.17) is 4.74 Å². The molecule has 0 radical (unpaired) electrons. The molecule has 0 spiro atoms. The van der Waals surface area contributed by atoms with Crippen LogP contribution in [0.1, 0.15) is 0 Å². The first-order chi connectivity index (χ1) is 10.3. The van der Waals surface area contributed by atoms with Crippen LogP contribution in [0.4, 0.5) is 5.82 Å². The molecule has 0 unspecified atom stereocenters. The Labute approximate surface area is 122 Å². The molecule has 0 aliphatic carbocycles. The zero-order valence-corrected chi connectivity index (χ0v) is 11.6. The van der Waals surface area contributed by atoms with Crippen molar-refractivity contribution in [2.45, 2.75) is 0 Å². The molecule has 0 bridgehead atoms. The summed E-state index contributed by atoms with van der Waals surface area (Å²) in [5.74, 6) is 0.444. The number of nitrogens with zero attached hydrogens (tertiary/aromatic N) is 2. The van der Waals surface area contributed by atoms with Crippen LogP contribution in [0.15, 0.2) is 54.7 Å². The summed E-state index contributed by atoms with van der Waals surface area (Å²) in [4.78, 5) is 16.5. The second-order valence-corrected chi connectivity index (χ2v) is 4.59. The molecule has 5 nitrogen and oxygen atoms in total. The predicted octanol–water partition coefficient (Wildman–Crippen LogP) is 2.59. The van der Waals surface area contributed by atoms with Crippen molar-refractivity contribution in [2.24, 2.45) is 0 Å². The molecule has 1 amide bonds. The molecular weight excluding hydrogens is 266 g/mol. The lowest BCUT2D eigenvalue weighted by atomic mass is 10.1. The summed E-state index contributed by atoms with van der Waals surface area (Å²) >= 11 is 0. The fourth-order valence-corrected chi connectivity index (χ4v) is 2.21. The van der Waals surface area contributed by atoms with E-state index in [0.29, 0.717) is 5.82 Å². The molecule has 3 rings (SSSR count). The molecule has 1 N–H and O–H groups in total. The normalized spacial score (nSPS) is 10.7. The van der Waals surface area contributed by atoms with Gasteiger partial charge in [-0.25, -0.2) is 4.98 Å². The van der Waals surface area contributed by atoms with Crippen molar-refractivity contribution >= 4 is 17.4 Å². The number of imidazole rings is 1. The van der Waals surface area contributed by atoms with Crippen LogP contribution in [-0.4, -0.2) is 29.0 Å². The summed E-state index contributed by atoms with van der Waals surface area (Å²) in [6, 6.07) is 15.5. The number of carbonyl (C=O) groups is 1. The summed E-state index contributed by atoms with van der Waals surface area (Å²) in [5, 5.41) is 2.87. The SMILES string of the molecule is COCC(=O)Nc1c(-c2ccccc2)nc2ccccn12. The number of pyridine rings is 1. The van der Waals surface area contributed by atoms with Gasteiger partial charge in [-0.1, -0.05) is 36.4 Å². The highest BCUT2D eigenvalue weighted by molar-refractivity contribution is 5.95. The minimum Gasteiger partial charge on any atom is -0.375 e. The largest absolute Gasteiger partial charge is 0.375 e. The average Bonchev–Trinajstić information content (AvgIpc) is 2.87. The number of hydrogen-bond acceptors (Lipinski definition) is 3. The van der Waals surface area contributed by atoms with E-state index in [1.54, 1.807) is 0 Å². The molecule has 106 valence electrons. The number of carbonyl (C=O) groups excluding carboxylic acids is 1. The summed E-state index contributed by atoms with van der Waals surface area (Å²) in [6.07, 6.45) is 1.87. The summed E-state index contributed by atoms with van der Waals surface area (Å²) in [5.41, 5.74) is 2.48. The Morgan fingerprint density at radius 3 is 2.71 bits per heavy atom. The van der Waals surface area contributed by atoms with Crippen molar-refractivity contribution in [3.63, 3.8) is 0 Å². The maximum absolute atomic E-state index is 11.9. The number of rotatable bonds is 4. The second kappa shape index (κ2) is 5.76. The molecule has 0 aliphatic rings. The van der Waals surface area contributed by atoms with Gasteiger partial charge in [0.15, 0.2) is 0 Å². The van der Waals surface area contributed by atoms with Gasteiger partial charge in [0.1, 0.15) is 23.8 Å². The van der Waals surface area contributed by atoms with Crippen molar-refractivity contribution in [2.75, 3.05) is 19.0 Å². The highest BCUT2D eigenvalue weighted by Crippen LogP contribution is 2.28. The first-order valence-electron chi connectivity index (χ1n) is 6.61. The van der Waals surface area contributed by atoms with Crippen LogP contribution in [0.2, 0.25) is 0 Å². The van der Waals surface area contributed by atoms with E-state index in [-0.39, 0.29) is 12.5 Å². The van der Waals surface area contributed by atoms with Crippen LogP contribution in [-0.2, 0) is 9.53 Å². The molecule has 2 heterocycles. The van der Waals surface area contributed by atoms with E-state index in [9.17, 15) is 4.79 Å². The van der Waals surface area contributed by atoms with Crippen molar-refractivity contribution < 1.29 is 9.53 Å². The van der Waals surface area contributed by atoms with Crippen molar-refractivity contribution in [1.82, 2.24) is 9.38 Å². The maximum atomic E-state index is 11.9. The van der Waals surface area contributed by atoms with Gasteiger partial charge in [-0.2, -0.15) is 0 Å². The highest BCUT2D eigenvalue weighted by atomic mass is 16.5. The van der Waals surface area contributed by atoms with Crippen LogP contribution in [0, 0.1) is 0 Å². The second-order valence-electron chi connectivity index (χ2n) is 4.59. The topological polar surface area (TPSA) is 55.6 Å². The number of methoxy groups -OCH3 is 1. The van der Waals surface area contributed by atoms with Gasteiger partial charge in [-0.15, -0.1) is 0 Å². The molecule has 0 aliphatic heterocycles. The Hall–Kier alpha value is -2.66. The summed E-state index contributed by atoms with van der Waals surface area (Å²) in [6.45, 7) is 0.00823. The van der Waals surface area contributed by atoms with Crippen LogP contribution >= 0.6 is 0 Å². The van der Waals surface area contributed by atoms with Gasteiger partial charge >= 0.3 is 0 Å². The third-order valence-corrected chi connectivity index (χ3v) is 3.11. The Morgan fingerprint density at radius 1 is 1.19 bits per heavy atom. The fourth-order valence-electron chi connectivity index (χ4n) is 2.21. The lowest BCUT2D eigenvalue weighted by Crippen LogP contribution is -2.18. The Kier molecular flexibility index (Phi) is 3.66. The Morgan fingerprint density at radius 2 is 1.95 bits per heavy atom. The Balaban J connectivity index is 2.12. The zero-order chi connectivity index (χ0) is 14.7. The number of nitrogens with one attached hydrogen (secondary N) is 1. The molecule has 5 heteroatoms.